The summed E-state index contributed by atoms with van der Waals surface area (Å²) in [5, 5.41) is 0. The molecule has 0 saturated heterocycles. The van der Waals surface area contributed by atoms with Gasteiger partial charge in [0, 0.05) is 157 Å². The fraction of sp³-hybridized carbons (Fsp3) is 0. The van der Waals surface area contributed by atoms with Crippen LogP contribution in [0.2, 0.25) is 0 Å². The van der Waals surface area contributed by atoms with Gasteiger partial charge in [0.25, 0.3) is 0 Å². The Bertz CT molecular complexity index is 15.5. The summed E-state index contributed by atoms with van der Waals surface area (Å²) in [5.74, 6) is 0. The Hall–Kier alpha value is 4.87. The van der Waals surface area contributed by atoms with Crippen molar-refractivity contribution in [1.29, 1.82) is 0 Å². The van der Waals surface area contributed by atoms with Gasteiger partial charge in [-0.1, -0.05) is 0 Å². The predicted molar refractivity (Wildman–Crippen MR) is 23.0 cm³/mol. The number of hydrogen-bond donors (Lipinski definition) is 0. The van der Waals surface area contributed by atoms with E-state index in [0.29, 0.717) is 0 Å². The molecular weight excluding hydrogens is 236 g/mol. The zero-order valence-electron chi connectivity index (χ0n) is 4.05. The maximum Gasteiger partial charge on any atom is 0 e. The molecule has 0 aliphatic carbocycles. The van der Waals surface area contributed by atoms with Gasteiger partial charge in [0.15, 0.2) is 0 Å². The van der Waals surface area contributed by atoms with Crippen LogP contribution >= 0.6 is 0 Å². The topological polar surface area (TPSA) is 0 Å². The normalized spacial score (nSPS) is 0. The van der Waals surface area contributed by atoms with Crippen molar-refractivity contribution in [1.82, 2.24) is 0 Å². The molecule has 0 aromatic heterocycles. The fourth-order valence-electron chi connectivity index (χ4n) is 0. The molecule has 0 atom stereocenters. The zero-order chi connectivity index (χ0) is 0. The Kier molecular flexibility index (Phi) is 244. The molecular formula is BCaFeKMgZn. The molecule has 0 fully saturated rings. The Balaban J connectivity index is 0. The first-order chi connectivity index (χ1) is 0. The van der Waals surface area contributed by atoms with Gasteiger partial charge in [0.05, 0.1) is 0 Å². The zero-order valence-corrected chi connectivity index (χ0v) is 14.9. The minimum Gasteiger partial charge on any atom is 0 e. The summed E-state index contributed by atoms with van der Waals surface area (Å²) in [7, 11) is 0. The third-order valence-electron chi connectivity index (χ3n) is 0. The summed E-state index contributed by atoms with van der Waals surface area (Å²) in [6, 6.07) is 0. The van der Waals surface area contributed by atoms with Crippen molar-refractivity contribution in [3.63, 3.8) is 0 Å². The molecule has 0 saturated carbocycles. The molecule has 6 heteroatoms. The Morgan fingerprint density at radius 1 is 1.00 bits per heavy atom. The Labute approximate surface area is 152 Å². The molecule has 0 unspecified atom stereocenters. The molecule has 0 spiro atoms. The van der Waals surface area contributed by atoms with Crippen LogP contribution in [0.15, 0.2) is 0 Å². The molecule has 0 aromatic carbocycles. The molecule has 0 aromatic rings. The smallest absolute Gasteiger partial charge is 0 e. The van der Waals surface area contributed by atoms with Gasteiger partial charge < -0.3 is 0 Å². The molecule has 18 valence electrons. The van der Waals surface area contributed by atoms with Crippen molar-refractivity contribution < 1.29 is 36.5 Å². The van der Waals surface area contributed by atoms with Crippen LogP contribution in [0.5, 0.6) is 0 Å². The van der Waals surface area contributed by atoms with E-state index in [2.05, 4.69) is 0 Å². The van der Waals surface area contributed by atoms with E-state index in [0.717, 1.165) is 0 Å². The van der Waals surface area contributed by atoms with Crippen molar-refractivity contribution in [2.75, 3.05) is 0 Å². The molecule has 6 heavy (non-hydrogen) atoms. The van der Waals surface area contributed by atoms with Crippen LogP contribution < -0.4 is 0 Å². The standard InChI is InChI=1S/B.Ca.Fe.K.Mg.Zn. The van der Waals surface area contributed by atoms with E-state index in [9.17, 15) is 0 Å². The molecule has 0 rings (SSSR count). The summed E-state index contributed by atoms with van der Waals surface area (Å²) in [4.78, 5) is 0. The van der Waals surface area contributed by atoms with Gasteiger partial charge >= 0.3 is 0 Å². The van der Waals surface area contributed by atoms with Gasteiger partial charge in [-0.05, 0) is 0 Å². The first-order valence-corrected chi connectivity index (χ1v) is 0. The van der Waals surface area contributed by atoms with Crippen molar-refractivity contribution >= 4 is 121 Å². The average Bonchev–Trinajstić information content (AvgIpc) is 0. The number of hydrogen-bond acceptors (Lipinski definition) is 0. The van der Waals surface area contributed by atoms with E-state index in [4.69, 9.17) is 0 Å². The van der Waals surface area contributed by atoms with E-state index in [1.807, 2.05) is 0 Å². The van der Waals surface area contributed by atoms with Gasteiger partial charge in [-0.15, -0.1) is 0 Å². The van der Waals surface area contributed by atoms with Gasteiger partial charge in [-0.25, -0.2) is 0 Å². The average molecular weight is 236 g/mol. The maximum atomic E-state index is 0. The second-order valence-electron chi connectivity index (χ2n) is 0. The quantitative estimate of drug-likeness (QED) is 0.447. The molecule has 0 aliphatic heterocycles. The van der Waals surface area contributed by atoms with Crippen LogP contribution in [0.3, 0.4) is 0 Å². The third-order valence-corrected chi connectivity index (χ3v) is 0. The molecule has 0 amide bonds. The second kappa shape index (κ2) is 32.7. The van der Waals surface area contributed by atoms with Crippen LogP contribution in [-0.4, -0.2) is 121 Å². The minimum absolute atomic E-state index is 0. The first-order valence-electron chi connectivity index (χ1n) is 0. The second-order valence-corrected chi connectivity index (χ2v) is 0. The van der Waals surface area contributed by atoms with E-state index >= 15 is 0 Å². The summed E-state index contributed by atoms with van der Waals surface area (Å²) in [5.41, 5.74) is 0. The summed E-state index contributed by atoms with van der Waals surface area (Å²) >= 11 is 0. The predicted octanol–water partition coefficient (Wildman–Crippen LogP) is -1.53. The van der Waals surface area contributed by atoms with Crippen LogP contribution in [0.25, 0.3) is 0 Å². The van der Waals surface area contributed by atoms with Gasteiger partial charge in [0.2, 0.25) is 0 Å². The van der Waals surface area contributed by atoms with E-state index in [1.54, 1.807) is 0 Å². The molecule has 8 radical (unpaired) electrons. The molecule has 0 nitrogen and oxygen atoms in total. The number of rotatable bonds is 0. The van der Waals surface area contributed by atoms with Crippen molar-refractivity contribution in [3.05, 3.63) is 0 Å². The van der Waals surface area contributed by atoms with Crippen LogP contribution in [0, 0.1) is 0 Å². The monoisotopic (exact) mass is 234 g/mol. The molecule has 0 heterocycles. The van der Waals surface area contributed by atoms with Crippen LogP contribution in [0.4, 0.5) is 0 Å². The molecule has 0 aliphatic rings. The largest absolute Gasteiger partial charge is 0 e. The minimum atomic E-state index is 0. The van der Waals surface area contributed by atoms with Crippen LogP contribution in [-0.2, 0) is 36.5 Å². The Morgan fingerprint density at radius 2 is 1.00 bits per heavy atom. The third kappa shape index (κ3) is 23.2. The Morgan fingerprint density at radius 3 is 1.00 bits per heavy atom. The SMILES string of the molecule is [B].[Ca].[Fe].[K].[Mg].[Zn]. The van der Waals surface area contributed by atoms with Crippen molar-refractivity contribution in [2.45, 2.75) is 0 Å². The van der Waals surface area contributed by atoms with Crippen molar-refractivity contribution in [2.24, 2.45) is 0 Å². The van der Waals surface area contributed by atoms with Crippen LogP contribution in [0.1, 0.15) is 0 Å². The van der Waals surface area contributed by atoms with Gasteiger partial charge in [-0.3, -0.25) is 0 Å². The van der Waals surface area contributed by atoms with E-state index < -0.39 is 0 Å². The first kappa shape index (κ1) is 44.6. The van der Waals surface area contributed by atoms with E-state index in [-0.39, 0.29) is 157 Å². The van der Waals surface area contributed by atoms with Gasteiger partial charge in [-0.2, -0.15) is 0 Å². The summed E-state index contributed by atoms with van der Waals surface area (Å²) < 4.78 is 0. The van der Waals surface area contributed by atoms with Crippen molar-refractivity contribution in [3.8, 4) is 0 Å². The summed E-state index contributed by atoms with van der Waals surface area (Å²) in [6.07, 6.45) is 0. The van der Waals surface area contributed by atoms with Gasteiger partial charge in [0.1, 0.15) is 0 Å². The summed E-state index contributed by atoms with van der Waals surface area (Å²) in [6.45, 7) is 0. The molecule has 0 N–H and O–H groups in total. The maximum absolute atomic E-state index is 0. The van der Waals surface area contributed by atoms with E-state index in [1.165, 1.54) is 0 Å². The fourth-order valence-corrected chi connectivity index (χ4v) is 0. The molecule has 0 bridgehead atoms.